The van der Waals surface area contributed by atoms with Crippen molar-refractivity contribution in [3.8, 4) is 0 Å². The Morgan fingerprint density at radius 2 is 0.800 bits per heavy atom. The molecular formula is C23H17F12NO4. The van der Waals surface area contributed by atoms with Gasteiger partial charge in [-0.15, -0.1) is 0 Å². The number of rotatable bonds is 8. The Balaban J connectivity index is 1.95. The van der Waals surface area contributed by atoms with E-state index in [1.54, 1.807) is 0 Å². The van der Waals surface area contributed by atoms with Gasteiger partial charge in [0.1, 0.15) is 13.2 Å². The Morgan fingerprint density at radius 1 is 0.550 bits per heavy atom. The van der Waals surface area contributed by atoms with Gasteiger partial charge in [-0.3, -0.25) is 4.90 Å². The lowest BCUT2D eigenvalue weighted by Gasteiger charge is -2.17. The summed E-state index contributed by atoms with van der Waals surface area (Å²) in [5.41, 5.74) is -8.93. The van der Waals surface area contributed by atoms with Gasteiger partial charge in [-0.1, -0.05) is 0 Å². The maximum Gasteiger partial charge on any atom is 0.416 e. The van der Waals surface area contributed by atoms with E-state index in [0.717, 1.165) is 0 Å². The highest BCUT2D eigenvalue weighted by molar-refractivity contribution is 5.90. The maximum atomic E-state index is 12.9. The molecule has 2 aromatic rings. The molecule has 0 aromatic heterocycles. The average molecular weight is 599 g/mol. The van der Waals surface area contributed by atoms with Gasteiger partial charge in [-0.25, -0.2) is 9.59 Å². The van der Waals surface area contributed by atoms with Crippen molar-refractivity contribution in [2.24, 2.45) is 0 Å². The SMILES string of the molecule is CN(CCOC(=O)c1cc(C(F)(F)F)cc(C(F)(F)F)c1)CCOC(=O)c1cc(C(F)(F)F)cc(C(F)(F)F)c1. The summed E-state index contributed by atoms with van der Waals surface area (Å²) in [4.78, 5) is 25.4. The Morgan fingerprint density at radius 3 is 1.02 bits per heavy atom. The quantitative estimate of drug-likeness (QED) is 0.250. The van der Waals surface area contributed by atoms with Crippen LogP contribution in [0.15, 0.2) is 36.4 Å². The summed E-state index contributed by atoms with van der Waals surface area (Å²) in [7, 11) is 1.33. The summed E-state index contributed by atoms with van der Waals surface area (Å²) >= 11 is 0. The first-order chi connectivity index (χ1) is 18.1. The van der Waals surface area contributed by atoms with Crippen molar-refractivity contribution in [3.05, 3.63) is 69.8 Å². The van der Waals surface area contributed by atoms with Gasteiger partial charge in [0.25, 0.3) is 0 Å². The first-order valence-electron chi connectivity index (χ1n) is 10.7. The highest BCUT2D eigenvalue weighted by Gasteiger charge is 2.39. The molecular weight excluding hydrogens is 582 g/mol. The van der Waals surface area contributed by atoms with Crippen LogP contribution in [0, 0.1) is 0 Å². The summed E-state index contributed by atoms with van der Waals surface area (Å²) in [5, 5.41) is 0. The molecule has 0 fully saturated rings. The van der Waals surface area contributed by atoms with E-state index < -0.39 is 83.2 Å². The van der Waals surface area contributed by atoms with E-state index in [-0.39, 0.29) is 49.5 Å². The molecule has 17 heteroatoms. The fraction of sp³-hybridized carbons (Fsp3) is 0.391. The summed E-state index contributed by atoms with van der Waals surface area (Å²) < 4.78 is 164. The van der Waals surface area contributed by atoms with Gasteiger partial charge in [0.2, 0.25) is 0 Å². The number of halogens is 12. The zero-order chi connectivity index (χ0) is 30.7. The van der Waals surface area contributed by atoms with Crippen LogP contribution in [0.2, 0.25) is 0 Å². The minimum Gasteiger partial charge on any atom is -0.461 e. The van der Waals surface area contributed by atoms with Crippen molar-refractivity contribution < 1.29 is 71.7 Å². The summed E-state index contributed by atoms with van der Waals surface area (Å²) in [6.07, 6.45) is -20.7. The summed E-state index contributed by atoms with van der Waals surface area (Å²) in [6, 6.07) is 0.374. The van der Waals surface area contributed by atoms with Crippen LogP contribution >= 0.6 is 0 Å². The van der Waals surface area contributed by atoms with Crippen LogP contribution in [0.3, 0.4) is 0 Å². The van der Waals surface area contributed by atoms with Crippen LogP contribution in [0.25, 0.3) is 0 Å². The van der Waals surface area contributed by atoms with Crippen LogP contribution in [0.4, 0.5) is 52.7 Å². The predicted molar refractivity (Wildman–Crippen MR) is 111 cm³/mol. The molecule has 0 saturated heterocycles. The van der Waals surface area contributed by atoms with Gasteiger partial charge >= 0.3 is 36.6 Å². The summed E-state index contributed by atoms with van der Waals surface area (Å²) in [6.45, 7) is -1.50. The normalized spacial score (nSPS) is 12.9. The monoisotopic (exact) mass is 599 g/mol. The molecule has 222 valence electrons. The van der Waals surface area contributed by atoms with Gasteiger partial charge in [-0.05, 0) is 43.4 Å². The molecule has 0 radical (unpaired) electrons. The van der Waals surface area contributed by atoms with E-state index in [1.807, 2.05) is 0 Å². The van der Waals surface area contributed by atoms with E-state index in [9.17, 15) is 62.3 Å². The molecule has 0 saturated carbocycles. The van der Waals surface area contributed by atoms with Crippen LogP contribution in [-0.2, 0) is 34.2 Å². The highest BCUT2D eigenvalue weighted by Crippen LogP contribution is 2.37. The molecule has 40 heavy (non-hydrogen) atoms. The number of ether oxygens (including phenoxy) is 2. The Labute approximate surface area is 217 Å². The van der Waals surface area contributed by atoms with Crippen molar-refractivity contribution in [3.63, 3.8) is 0 Å². The van der Waals surface area contributed by atoms with E-state index in [0.29, 0.717) is 0 Å². The van der Waals surface area contributed by atoms with Gasteiger partial charge in [0, 0.05) is 13.1 Å². The van der Waals surface area contributed by atoms with Gasteiger partial charge in [0.15, 0.2) is 0 Å². The topological polar surface area (TPSA) is 55.8 Å². The molecule has 2 rings (SSSR count). The molecule has 0 amide bonds. The fourth-order valence-corrected chi connectivity index (χ4v) is 3.01. The zero-order valence-electron chi connectivity index (χ0n) is 19.9. The molecule has 0 atom stereocenters. The largest absolute Gasteiger partial charge is 0.461 e. The lowest BCUT2D eigenvalue weighted by Crippen LogP contribution is -2.28. The van der Waals surface area contributed by atoms with E-state index in [1.165, 1.54) is 11.9 Å². The van der Waals surface area contributed by atoms with Crippen LogP contribution < -0.4 is 0 Å². The third-order valence-corrected chi connectivity index (χ3v) is 5.06. The average Bonchev–Trinajstić information content (AvgIpc) is 2.81. The third kappa shape index (κ3) is 9.31. The van der Waals surface area contributed by atoms with Gasteiger partial charge in [0.05, 0.1) is 33.4 Å². The zero-order valence-corrected chi connectivity index (χ0v) is 19.9. The lowest BCUT2D eigenvalue weighted by atomic mass is 10.0. The van der Waals surface area contributed by atoms with Crippen molar-refractivity contribution in [1.29, 1.82) is 0 Å². The first-order valence-corrected chi connectivity index (χ1v) is 10.7. The number of hydrogen-bond donors (Lipinski definition) is 0. The van der Waals surface area contributed by atoms with Crippen LogP contribution in [0.1, 0.15) is 43.0 Å². The predicted octanol–water partition coefficient (Wildman–Crippen LogP) is 6.71. The van der Waals surface area contributed by atoms with E-state index in [2.05, 4.69) is 9.47 Å². The Bertz CT molecular complexity index is 1060. The smallest absolute Gasteiger partial charge is 0.416 e. The van der Waals surface area contributed by atoms with Crippen LogP contribution in [0.5, 0.6) is 0 Å². The second-order valence-electron chi connectivity index (χ2n) is 8.16. The molecule has 0 bridgehead atoms. The number of carbonyl (C=O) groups is 2. The molecule has 2 aromatic carbocycles. The summed E-state index contributed by atoms with van der Waals surface area (Å²) in [5.74, 6) is -3.00. The fourth-order valence-electron chi connectivity index (χ4n) is 3.01. The number of benzene rings is 2. The van der Waals surface area contributed by atoms with Crippen LogP contribution in [-0.4, -0.2) is 50.2 Å². The molecule has 0 heterocycles. The Kier molecular flexibility index (Phi) is 9.76. The number of nitrogens with zero attached hydrogens (tertiary/aromatic N) is 1. The number of likely N-dealkylation sites (N-methyl/N-ethyl adjacent to an activating group) is 1. The Hall–Kier alpha value is -3.50. The van der Waals surface area contributed by atoms with Crippen molar-refractivity contribution in [1.82, 2.24) is 4.90 Å². The standard InChI is InChI=1S/C23H17F12NO4/c1-36(2-4-39-18(37)12-6-14(20(24,25)26)10-15(7-12)21(27,28)29)3-5-40-19(38)13-8-16(22(30,31)32)11-17(9-13)23(33,34)35/h6-11H,2-5H2,1H3. The molecule has 0 aliphatic rings. The lowest BCUT2D eigenvalue weighted by molar-refractivity contribution is -0.144. The highest BCUT2D eigenvalue weighted by atomic mass is 19.4. The third-order valence-electron chi connectivity index (χ3n) is 5.06. The maximum absolute atomic E-state index is 12.9. The molecule has 0 N–H and O–H groups in total. The molecule has 5 nitrogen and oxygen atoms in total. The van der Waals surface area contributed by atoms with E-state index in [4.69, 9.17) is 0 Å². The molecule has 0 aliphatic carbocycles. The van der Waals surface area contributed by atoms with Gasteiger partial charge < -0.3 is 9.47 Å². The second-order valence-corrected chi connectivity index (χ2v) is 8.16. The van der Waals surface area contributed by atoms with Crippen molar-refractivity contribution >= 4 is 11.9 Å². The van der Waals surface area contributed by atoms with Crippen molar-refractivity contribution in [2.45, 2.75) is 24.7 Å². The molecule has 0 unspecified atom stereocenters. The van der Waals surface area contributed by atoms with Gasteiger partial charge in [-0.2, -0.15) is 52.7 Å². The van der Waals surface area contributed by atoms with Crippen molar-refractivity contribution in [2.75, 3.05) is 33.4 Å². The second kappa shape index (κ2) is 11.9. The number of alkyl halides is 12. The number of carbonyl (C=O) groups excluding carboxylic acids is 2. The minimum absolute atomic E-state index is 0.171. The molecule has 0 aliphatic heterocycles. The number of esters is 2. The number of hydrogen-bond acceptors (Lipinski definition) is 5. The van der Waals surface area contributed by atoms with E-state index >= 15 is 0 Å². The molecule has 0 spiro atoms. The first kappa shape index (κ1) is 32.7. The minimum atomic E-state index is -5.18.